The molecule has 1 nitrogen and oxygen atoms in total. The molecular weight excluding hydrogens is 287 g/mol. The van der Waals surface area contributed by atoms with Gasteiger partial charge in [-0.2, -0.15) is 0 Å². The molecule has 1 N–H and O–H groups in total. The Hall–Kier alpha value is -0.610. The topological polar surface area (TPSA) is 20.2 Å². The summed E-state index contributed by atoms with van der Waals surface area (Å²) in [6.45, 7) is 1.81. The third kappa shape index (κ3) is 1.64. The van der Waals surface area contributed by atoms with Crippen molar-refractivity contribution in [1.82, 2.24) is 0 Å². The molecule has 2 aromatic rings. The van der Waals surface area contributed by atoms with Crippen LogP contribution in [0.4, 0.5) is 0 Å². The van der Waals surface area contributed by atoms with Crippen LogP contribution in [-0.2, 0) is 0 Å². The Morgan fingerprint density at radius 1 is 1.14 bits per heavy atom. The van der Waals surface area contributed by atoms with Gasteiger partial charge >= 0.3 is 0 Å². The molecule has 0 saturated heterocycles. The van der Waals surface area contributed by atoms with E-state index in [0.29, 0.717) is 0 Å². The number of aliphatic hydroxyl groups excluding tert-OH is 1. The first-order chi connectivity index (χ1) is 6.70. The van der Waals surface area contributed by atoms with Gasteiger partial charge in [0, 0.05) is 9.13 Å². The maximum atomic E-state index is 9.70. The SMILES string of the molecule is CC(O)c1c(I)ccc2ccccc12. The second-order valence-electron chi connectivity index (χ2n) is 3.36. The van der Waals surface area contributed by atoms with Crippen molar-refractivity contribution >= 4 is 33.4 Å². The van der Waals surface area contributed by atoms with Crippen molar-refractivity contribution in [3.63, 3.8) is 0 Å². The Morgan fingerprint density at radius 3 is 2.57 bits per heavy atom. The fourth-order valence-electron chi connectivity index (χ4n) is 1.69. The summed E-state index contributed by atoms with van der Waals surface area (Å²) in [5, 5.41) is 12.0. The largest absolute Gasteiger partial charge is 0.389 e. The molecule has 0 aliphatic rings. The summed E-state index contributed by atoms with van der Waals surface area (Å²) in [5.41, 5.74) is 1.03. The summed E-state index contributed by atoms with van der Waals surface area (Å²) < 4.78 is 1.12. The number of fused-ring (bicyclic) bond motifs is 1. The van der Waals surface area contributed by atoms with Crippen LogP contribution < -0.4 is 0 Å². The predicted octanol–water partition coefficient (Wildman–Crippen LogP) is 3.50. The predicted molar refractivity (Wildman–Crippen MR) is 67.3 cm³/mol. The molecule has 0 saturated carbocycles. The highest BCUT2D eigenvalue weighted by atomic mass is 127. The van der Waals surface area contributed by atoms with Gasteiger partial charge < -0.3 is 5.11 Å². The summed E-state index contributed by atoms with van der Waals surface area (Å²) in [7, 11) is 0. The molecule has 2 heteroatoms. The number of halogens is 1. The van der Waals surface area contributed by atoms with Crippen LogP contribution >= 0.6 is 22.6 Å². The average Bonchev–Trinajstić information content (AvgIpc) is 2.17. The first kappa shape index (κ1) is 9.93. The molecule has 0 fully saturated rings. The van der Waals surface area contributed by atoms with Crippen molar-refractivity contribution in [2.45, 2.75) is 13.0 Å². The van der Waals surface area contributed by atoms with Crippen molar-refractivity contribution < 1.29 is 5.11 Å². The number of benzene rings is 2. The summed E-state index contributed by atoms with van der Waals surface area (Å²) >= 11 is 2.26. The number of hydrogen-bond donors (Lipinski definition) is 1. The minimum Gasteiger partial charge on any atom is -0.389 e. The molecule has 2 aromatic carbocycles. The van der Waals surface area contributed by atoms with E-state index in [1.165, 1.54) is 5.39 Å². The minimum absolute atomic E-state index is 0.409. The van der Waals surface area contributed by atoms with E-state index in [2.05, 4.69) is 40.8 Å². The summed E-state index contributed by atoms with van der Waals surface area (Å²) in [5.74, 6) is 0. The minimum atomic E-state index is -0.409. The zero-order chi connectivity index (χ0) is 10.1. The molecule has 0 bridgehead atoms. The maximum Gasteiger partial charge on any atom is 0.0778 e. The Kier molecular flexibility index (Phi) is 2.74. The van der Waals surface area contributed by atoms with Crippen LogP contribution in [0.15, 0.2) is 36.4 Å². The molecule has 0 radical (unpaired) electrons. The van der Waals surface area contributed by atoms with Gasteiger partial charge in [-0.3, -0.25) is 0 Å². The van der Waals surface area contributed by atoms with Gasteiger partial charge in [0.2, 0.25) is 0 Å². The van der Waals surface area contributed by atoms with E-state index in [1.807, 2.05) is 25.1 Å². The summed E-state index contributed by atoms with van der Waals surface area (Å²) in [4.78, 5) is 0. The first-order valence-electron chi connectivity index (χ1n) is 4.55. The lowest BCUT2D eigenvalue weighted by atomic mass is 10.0. The molecule has 0 aliphatic heterocycles. The van der Waals surface area contributed by atoms with Gasteiger partial charge in [-0.15, -0.1) is 0 Å². The van der Waals surface area contributed by atoms with Crippen molar-refractivity contribution in [3.05, 3.63) is 45.5 Å². The summed E-state index contributed by atoms with van der Waals surface area (Å²) in [6.07, 6.45) is -0.409. The quantitative estimate of drug-likeness (QED) is 0.799. The van der Waals surface area contributed by atoms with Crippen molar-refractivity contribution in [2.75, 3.05) is 0 Å². The molecule has 0 heterocycles. The molecule has 72 valence electrons. The Morgan fingerprint density at radius 2 is 1.86 bits per heavy atom. The smallest absolute Gasteiger partial charge is 0.0778 e. The third-order valence-electron chi connectivity index (χ3n) is 2.34. The van der Waals surface area contributed by atoms with Crippen molar-refractivity contribution in [3.8, 4) is 0 Å². The van der Waals surface area contributed by atoms with Gasteiger partial charge in [0.1, 0.15) is 0 Å². The normalized spacial score (nSPS) is 13.1. The standard InChI is InChI=1S/C12H11IO/c1-8(14)12-10-5-3-2-4-9(10)6-7-11(12)13/h2-8,14H,1H3. The van der Waals surface area contributed by atoms with E-state index < -0.39 is 6.10 Å². The number of hydrogen-bond acceptors (Lipinski definition) is 1. The van der Waals surface area contributed by atoms with E-state index in [-0.39, 0.29) is 0 Å². The lowest BCUT2D eigenvalue weighted by Crippen LogP contribution is -1.96. The molecule has 1 unspecified atom stereocenters. The van der Waals surface area contributed by atoms with Crippen LogP contribution in [0.25, 0.3) is 10.8 Å². The van der Waals surface area contributed by atoms with Crippen LogP contribution in [-0.4, -0.2) is 5.11 Å². The van der Waals surface area contributed by atoms with Gasteiger partial charge in [0.25, 0.3) is 0 Å². The van der Waals surface area contributed by atoms with Crippen LogP contribution in [0.5, 0.6) is 0 Å². The second kappa shape index (κ2) is 3.87. The highest BCUT2D eigenvalue weighted by Crippen LogP contribution is 2.28. The number of rotatable bonds is 1. The zero-order valence-corrected chi connectivity index (χ0v) is 10.0. The van der Waals surface area contributed by atoms with Crippen LogP contribution in [0.3, 0.4) is 0 Å². The number of aliphatic hydroxyl groups is 1. The van der Waals surface area contributed by atoms with Crippen LogP contribution in [0.2, 0.25) is 0 Å². The zero-order valence-electron chi connectivity index (χ0n) is 7.87. The van der Waals surface area contributed by atoms with Gasteiger partial charge in [0.15, 0.2) is 0 Å². The lowest BCUT2D eigenvalue weighted by Gasteiger charge is -2.11. The van der Waals surface area contributed by atoms with Crippen molar-refractivity contribution in [2.24, 2.45) is 0 Å². The Bertz CT molecular complexity index is 463. The fourth-order valence-corrected chi connectivity index (χ4v) is 2.61. The van der Waals surface area contributed by atoms with Gasteiger partial charge in [-0.1, -0.05) is 30.3 Å². The maximum absolute atomic E-state index is 9.70. The average molecular weight is 298 g/mol. The van der Waals surface area contributed by atoms with Crippen molar-refractivity contribution in [1.29, 1.82) is 0 Å². The van der Waals surface area contributed by atoms with Gasteiger partial charge in [-0.05, 0) is 46.4 Å². The monoisotopic (exact) mass is 298 g/mol. The Labute approximate surface area is 96.9 Å². The molecule has 14 heavy (non-hydrogen) atoms. The molecule has 0 amide bonds. The highest BCUT2D eigenvalue weighted by Gasteiger charge is 2.09. The van der Waals surface area contributed by atoms with Crippen LogP contribution in [0.1, 0.15) is 18.6 Å². The Balaban J connectivity index is 2.83. The molecule has 1 atom stereocenters. The van der Waals surface area contributed by atoms with E-state index in [1.54, 1.807) is 0 Å². The van der Waals surface area contributed by atoms with E-state index >= 15 is 0 Å². The molecular formula is C12H11IO. The summed E-state index contributed by atoms with van der Waals surface area (Å²) in [6, 6.07) is 12.3. The molecule has 0 aromatic heterocycles. The lowest BCUT2D eigenvalue weighted by molar-refractivity contribution is 0.200. The van der Waals surface area contributed by atoms with Gasteiger partial charge in [-0.25, -0.2) is 0 Å². The second-order valence-corrected chi connectivity index (χ2v) is 4.52. The fraction of sp³-hybridized carbons (Fsp3) is 0.167. The van der Waals surface area contributed by atoms with Crippen LogP contribution in [0, 0.1) is 3.57 Å². The molecule has 0 spiro atoms. The van der Waals surface area contributed by atoms with E-state index in [4.69, 9.17) is 0 Å². The van der Waals surface area contributed by atoms with E-state index in [0.717, 1.165) is 14.5 Å². The molecule has 0 aliphatic carbocycles. The highest BCUT2D eigenvalue weighted by molar-refractivity contribution is 14.1. The molecule has 2 rings (SSSR count). The third-order valence-corrected chi connectivity index (χ3v) is 3.28. The van der Waals surface area contributed by atoms with Gasteiger partial charge in [0.05, 0.1) is 6.10 Å². The van der Waals surface area contributed by atoms with E-state index in [9.17, 15) is 5.11 Å². The first-order valence-corrected chi connectivity index (χ1v) is 5.63.